The van der Waals surface area contributed by atoms with Crippen LogP contribution in [-0.4, -0.2) is 81.4 Å². The fourth-order valence-electron chi connectivity index (χ4n) is 4.05. The van der Waals surface area contributed by atoms with Crippen molar-refractivity contribution in [3.63, 3.8) is 0 Å². The summed E-state index contributed by atoms with van der Waals surface area (Å²) in [5.74, 6) is 3.56. The second kappa shape index (κ2) is 16.2. The number of hydrogen-bond donors (Lipinski definition) is 6. The number of aromatic nitrogens is 6. The smallest absolute Gasteiger partial charge is 0.258 e. The molecule has 236 valence electrons. The van der Waals surface area contributed by atoms with Crippen molar-refractivity contribution in [1.29, 1.82) is 0 Å². The lowest BCUT2D eigenvalue weighted by atomic mass is 10.2. The molecule has 0 atom stereocenters. The van der Waals surface area contributed by atoms with Crippen molar-refractivity contribution >= 4 is 62.2 Å². The number of ether oxygens (including phenoxy) is 2. The molecular weight excluding hydrogens is 640 g/mol. The van der Waals surface area contributed by atoms with Gasteiger partial charge in [-0.1, -0.05) is 37.3 Å². The normalized spacial score (nSPS) is 12.1. The molecule has 4 heterocycles. The second-order valence-corrected chi connectivity index (χ2v) is 11.3. The van der Waals surface area contributed by atoms with Crippen LogP contribution in [0.4, 0.5) is 34.5 Å². The van der Waals surface area contributed by atoms with E-state index in [-0.39, 0.29) is 6.61 Å². The van der Waals surface area contributed by atoms with Gasteiger partial charge in [-0.2, -0.15) is 10.2 Å². The van der Waals surface area contributed by atoms with E-state index in [1.807, 2.05) is 41.9 Å². The van der Waals surface area contributed by atoms with Crippen LogP contribution in [-0.2, 0) is 24.4 Å². The standard InChI is InChI=1S/C14H20N4S.C7H12N4O2.C5H9BrN4O/c1-4-19-13-12(15)14(17(2)3)18(16-13)10-11-8-6-5-7-9-11;1-12-7-5(8)6-9-4-13-3-2-11(6)10-7;6-4-3(7)5(8)10(9-4)1-2-11/h5-9H,4,10,15H2,1-3H3;9H,2-4,8H2,1H3;11H,1-2,7-8H2. The molecule has 0 bridgehead atoms. The highest BCUT2D eigenvalue weighted by Crippen LogP contribution is 2.33. The lowest BCUT2D eigenvalue weighted by molar-refractivity contribution is 0.149. The summed E-state index contributed by atoms with van der Waals surface area (Å²) in [6, 6.07) is 10.3. The molecule has 1 aromatic carbocycles. The van der Waals surface area contributed by atoms with Crippen LogP contribution in [0.1, 0.15) is 12.5 Å². The van der Waals surface area contributed by atoms with Crippen molar-refractivity contribution in [1.82, 2.24) is 29.3 Å². The van der Waals surface area contributed by atoms with Gasteiger partial charge in [0.1, 0.15) is 34.6 Å². The minimum absolute atomic E-state index is 0.00222. The highest BCUT2D eigenvalue weighted by molar-refractivity contribution is 9.10. The number of benzene rings is 1. The zero-order valence-corrected chi connectivity index (χ0v) is 27.2. The van der Waals surface area contributed by atoms with Gasteiger partial charge in [-0.05, 0) is 27.2 Å². The Kier molecular flexibility index (Phi) is 12.7. The quantitative estimate of drug-likeness (QED) is 0.148. The van der Waals surface area contributed by atoms with E-state index in [9.17, 15) is 0 Å². The van der Waals surface area contributed by atoms with Gasteiger partial charge < -0.3 is 47.7 Å². The molecule has 0 saturated carbocycles. The van der Waals surface area contributed by atoms with Gasteiger partial charge in [-0.15, -0.1) is 16.9 Å². The molecule has 0 unspecified atom stereocenters. The molecule has 0 aliphatic carbocycles. The van der Waals surface area contributed by atoms with Gasteiger partial charge in [0.15, 0.2) is 16.2 Å². The van der Waals surface area contributed by atoms with Crippen LogP contribution in [0, 0.1) is 0 Å². The largest absolute Gasteiger partial charge is 0.478 e. The molecule has 1 aliphatic rings. The van der Waals surface area contributed by atoms with Gasteiger partial charge in [0.2, 0.25) is 0 Å². The number of anilines is 6. The number of thioether (sulfide) groups is 1. The van der Waals surface area contributed by atoms with E-state index in [1.54, 1.807) is 23.6 Å². The maximum Gasteiger partial charge on any atom is 0.258 e. The van der Waals surface area contributed by atoms with Crippen LogP contribution in [0.3, 0.4) is 0 Å². The Balaban J connectivity index is 0.000000185. The summed E-state index contributed by atoms with van der Waals surface area (Å²) >= 11 is 4.80. The number of methoxy groups -OCH3 is 1. The first-order valence-corrected chi connectivity index (χ1v) is 15.2. The van der Waals surface area contributed by atoms with Crippen molar-refractivity contribution in [2.24, 2.45) is 0 Å². The highest BCUT2D eigenvalue weighted by atomic mass is 79.9. The van der Waals surface area contributed by atoms with Crippen LogP contribution < -0.4 is 37.9 Å². The van der Waals surface area contributed by atoms with E-state index in [1.165, 1.54) is 10.2 Å². The summed E-state index contributed by atoms with van der Waals surface area (Å²) < 4.78 is 15.9. The van der Waals surface area contributed by atoms with Crippen molar-refractivity contribution in [3.05, 3.63) is 40.5 Å². The minimum Gasteiger partial charge on any atom is -0.478 e. The molecule has 4 aromatic rings. The van der Waals surface area contributed by atoms with Crippen LogP contribution in [0.5, 0.6) is 5.88 Å². The number of nitrogens with two attached hydrogens (primary N) is 4. The molecule has 0 fully saturated rings. The Morgan fingerprint density at radius 3 is 2.37 bits per heavy atom. The molecule has 0 radical (unpaired) electrons. The summed E-state index contributed by atoms with van der Waals surface area (Å²) in [7, 11) is 5.54. The highest BCUT2D eigenvalue weighted by Gasteiger charge is 2.18. The zero-order chi connectivity index (χ0) is 31.5. The Morgan fingerprint density at radius 1 is 1.07 bits per heavy atom. The lowest BCUT2D eigenvalue weighted by Gasteiger charge is -2.15. The third-order valence-corrected chi connectivity index (χ3v) is 7.49. The number of nitrogens with zero attached hydrogens (tertiary/aromatic N) is 7. The Hall–Kier alpha value is -3.80. The molecular formula is C26H41BrN12O3S. The third-order valence-electron chi connectivity index (χ3n) is 6.04. The van der Waals surface area contributed by atoms with Gasteiger partial charge in [0, 0.05) is 14.1 Å². The van der Waals surface area contributed by atoms with E-state index in [0.29, 0.717) is 54.1 Å². The summed E-state index contributed by atoms with van der Waals surface area (Å²) in [4.78, 5) is 2.02. The first kappa shape index (κ1) is 33.7. The van der Waals surface area contributed by atoms with E-state index in [0.717, 1.165) is 34.6 Å². The average molecular weight is 682 g/mol. The monoisotopic (exact) mass is 680 g/mol. The molecule has 17 heteroatoms. The molecule has 10 N–H and O–H groups in total. The van der Waals surface area contributed by atoms with E-state index >= 15 is 0 Å². The zero-order valence-electron chi connectivity index (χ0n) is 24.8. The summed E-state index contributed by atoms with van der Waals surface area (Å²) in [6.45, 7) is 4.98. The summed E-state index contributed by atoms with van der Waals surface area (Å²) in [6.07, 6.45) is 0. The Morgan fingerprint density at radius 2 is 1.79 bits per heavy atom. The van der Waals surface area contributed by atoms with Crippen molar-refractivity contribution in [3.8, 4) is 5.88 Å². The van der Waals surface area contributed by atoms with Gasteiger partial charge >= 0.3 is 0 Å². The number of rotatable bonds is 8. The molecule has 0 amide bonds. The second-order valence-electron chi connectivity index (χ2n) is 9.27. The predicted octanol–water partition coefficient (Wildman–Crippen LogP) is 2.37. The number of nitrogen functional groups attached to an aromatic ring is 4. The van der Waals surface area contributed by atoms with Crippen molar-refractivity contribution in [2.45, 2.75) is 31.6 Å². The molecule has 1 aliphatic heterocycles. The van der Waals surface area contributed by atoms with Crippen molar-refractivity contribution in [2.75, 3.05) is 80.1 Å². The number of halogens is 1. The van der Waals surface area contributed by atoms with Crippen LogP contribution in [0.2, 0.25) is 0 Å². The summed E-state index contributed by atoms with van der Waals surface area (Å²) in [5.41, 5.74) is 25.9. The number of nitrogens with one attached hydrogen (secondary N) is 1. The first-order valence-electron chi connectivity index (χ1n) is 13.4. The van der Waals surface area contributed by atoms with Crippen molar-refractivity contribution < 1.29 is 14.6 Å². The Bertz CT molecular complexity index is 1440. The topological polar surface area (TPSA) is 212 Å². The van der Waals surface area contributed by atoms with Crippen LogP contribution in [0.25, 0.3) is 0 Å². The maximum absolute atomic E-state index is 8.57. The number of fused-ring (bicyclic) bond motifs is 1. The third kappa shape index (κ3) is 8.62. The molecule has 0 saturated heterocycles. The van der Waals surface area contributed by atoms with Gasteiger partial charge in [0.05, 0.1) is 40.0 Å². The first-order chi connectivity index (χ1) is 20.6. The molecule has 3 aromatic heterocycles. The fourth-order valence-corrected chi connectivity index (χ4v) is 5.12. The maximum atomic E-state index is 8.57. The van der Waals surface area contributed by atoms with E-state index in [4.69, 9.17) is 37.5 Å². The fraction of sp³-hybridized carbons (Fsp3) is 0.423. The lowest BCUT2D eigenvalue weighted by Crippen LogP contribution is -2.16. The number of hydrogen-bond acceptors (Lipinski definition) is 13. The van der Waals surface area contributed by atoms with Crippen LogP contribution in [0.15, 0.2) is 40.0 Å². The SMILES string of the molecule is CCSc1nn(Cc2ccccc2)c(N(C)C)c1N.COc1nn2c(c1N)NCOCC2.Nc1c(Br)nn(CCO)c1N. The van der Waals surface area contributed by atoms with E-state index in [2.05, 4.69) is 55.6 Å². The average Bonchev–Trinajstić information content (AvgIpc) is 3.46. The van der Waals surface area contributed by atoms with Gasteiger partial charge in [-0.25, -0.2) is 14.0 Å². The molecule has 0 spiro atoms. The van der Waals surface area contributed by atoms with E-state index < -0.39 is 0 Å². The molecule has 5 rings (SSSR count). The number of aliphatic hydroxyl groups is 1. The molecule has 15 nitrogen and oxygen atoms in total. The molecule has 43 heavy (non-hydrogen) atoms. The van der Waals surface area contributed by atoms with Gasteiger partial charge in [-0.3, -0.25) is 0 Å². The number of aliphatic hydroxyl groups excluding tert-OH is 1. The summed E-state index contributed by atoms with van der Waals surface area (Å²) in [5, 5.41) is 25.2. The minimum atomic E-state index is -0.00222. The van der Waals surface area contributed by atoms with Crippen LogP contribution >= 0.6 is 27.7 Å². The predicted molar refractivity (Wildman–Crippen MR) is 176 cm³/mol. The Labute approximate surface area is 263 Å². The van der Waals surface area contributed by atoms with Gasteiger partial charge in [0.25, 0.3) is 5.88 Å².